The van der Waals surface area contributed by atoms with Gasteiger partial charge in [0, 0.05) is 38.7 Å². The molecule has 0 saturated heterocycles. The second kappa shape index (κ2) is 12.3. The van der Waals surface area contributed by atoms with Gasteiger partial charge in [-0.2, -0.15) is 0 Å². The van der Waals surface area contributed by atoms with Crippen LogP contribution in [0.5, 0.6) is 0 Å². The highest BCUT2D eigenvalue weighted by Gasteiger charge is 2.19. The van der Waals surface area contributed by atoms with Crippen molar-refractivity contribution in [2.24, 2.45) is 0 Å². The molecule has 0 spiro atoms. The van der Waals surface area contributed by atoms with E-state index >= 15 is 0 Å². The summed E-state index contributed by atoms with van der Waals surface area (Å²) in [5.41, 5.74) is 10.2. The average molecular weight is 667 g/mol. The third-order valence-electron chi connectivity index (χ3n) is 9.66. The first kappa shape index (κ1) is 29.8. The lowest BCUT2D eigenvalue weighted by Gasteiger charge is -2.12. The smallest absolute Gasteiger partial charge is 0.164 e. The van der Waals surface area contributed by atoms with Crippen molar-refractivity contribution in [1.82, 2.24) is 19.5 Å². The molecule has 0 fully saturated rings. The number of hydrogen-bond acceptors (Lipinski definition) is 4. The summed E-state index contributed by atoms with van der Waals surface area (Å²) in [6.07, 6.45) is 0. The van der Waals surface area contributed by atoms with Crippen molar-refractivity contribution in [2.45, 2.75) is 0 Å². The van der Waals surface area contributed by atoms with E-state index in [-0.39, 0.29) is 0 Å². The van der Waals surface area contributed by atoms with Crippen molar-refractivity contribution < 1.29 is 4.42 Å². The van der Waals surface area contributed by atoms with Gasteiger partial charge in [-0.3, -0.25) is 0 Å². The van der Waals surface area contributed by atoms with E-state index in [0.717, 1.165) is 72.0 Å². The van der Waals surface area contributed by atoms with Crippen LogP contribution in [-0.4, -0.2) is 19.5 Å². The number of aromatic nitrogens is 4. The molecule has 0 aliphatic rings. The van der Waals surface area contributed by atoms with Crippen LogP contribution in [0.4, 0.5) is 0 Å². The van der Waals surface area contributed by atoms with Crippen molar-refractivity contribution in [3.05, 3.63) is 182 Å². The third kappa shape index (κ3) is 5.15. The Morgan fingerprint density at radius 1 is 0.385 bits per heavy atom. The largest absolute Gasteiger partial charge is 0.455 e. The van der Waals surface area contributed by atoms with Crippen LogP contribution in [0.25, 0.3) is 95.1 Å². The maximum Gasteiger partial charge on any atom is 0.164 e. The number of nitrogens with zero attached hydrogens (tertiary/aromatic N) is 4. The van der Waals surface area contributed by atoms with E-state index in [1.807, 2.05) is 54.6 Å². The molecule has 5 nitrogen and oxygen atoms in total. The van der Waals surface area contributed by atoms with E-state index in [9.17, 15) is 0 Å². The van der Waals surface area contributed by atoms with E-state index in [2.05, 4.69) is 132 Å². The van der Waals surface area contributed by atoms with Crippen molar-refractivity contribution in [3.63, 3.8) is 0 Å². The molecule has 0 radical (unpaired) electrons. The summed E-state index contributed by atoms with van der Waals surface area (Å²) in [7, 11) is 0. The summed E-state index contributed by atoms with van der Waals surface area (Å²) >= 11 is 0. The van der Waals surface area contributed by atoms with Crippen LogP contribution in [0, 0.1) is 0 Å². The minimum atomic E-state index is 0.611. The SMILES string of the molecule is c1ccc(-c2ccc(-c3nc(-c4ccccc4)nc(-c4cccc(-n5c6ccccc6c6c7oc(-c8ccccc8)cc7ccc65)c4)n3)cc2)cc1. The fourth-order valence-electron chi connectivity index (χ4n) is 7.15. The third-order valence-corrected chi connectivity index (χ3v) is 9.66. The Balaban J connectivity index is 1.12. The Bertz CT molecular complexity index is 2880. The fraction of sp³-hybridized carbons (Fsp3) is 0. The Hall–Kier alpha value is -7.11. The highest BCUT2D eigenvalue weighted by molar-refractivity contribution is 6.20. The molecule has 3 heterocycles. The molecule has 0 saturated carbocycles. The number of hydrogen-bond donors (Lipinski definition) is 0. The predicted octanol–water partition coefficient (Wildman–Crippen LogP) is 12.0. The lowest BCUT2D eigenvalue weighted by molar-refractivity contribution is 0.635. The first-order valence-electron chi connectivity index (χ1n) is 17.4. The first-order chi connectivity index (χ1) is 25.8. The van der Waals surface area contributed by atoms with Crippen LogP contribution >= 0.6 is 0 Å². The molecule has 0 unspecified atom stereocenters. The molecule has 0 aliphatic heterocycles. The Kier molecular flexibility index (Phi) is 7.07. The Labute approximate surface area is 300 Å². The van der Waals surface area contributed by atoms with Gasteiger partial charge >= 0.3 is 0 Å². The molecule has 7 aromatic carbocycles. The first-order valence-corrected chi connectivity index (χ1v) is 17.4. The quantitative estimate of drug-likeness (QED) is 0.177. The van der Waals surface area contributed by atoms with Gasteiger partial charge in [-0.25, -0.2) is 15.0 Å². The van der Waals surface area contributed by atoms with Gasteiger partial charge in [0.1, 0.15) is 11.3 Å². The molecular formula is C47H30N4O. The Morgan fingerprint density at radius 3 is 1.63 bits per heavy atom. The molecule has 5 heteroatoms. The van der Waals surface area contributed by atoms with Crippen molar-refractivity contribution >= 4 is 32.8 Å². The van der Waals surface area contributed by atoms with Gasteiger partial charge < -0.3 is 8.98 Å². The molecule has 3 aromatic heterocycles. The normalized spacial score (nSPS) is 11.5. The maximum atomic E-state index is 6.62. The van der Waals surface area contributed by atoms with E-state index < -0.39 is 0 Å². The average Bonchev–Trinajstić information content (AvgIpc) is 3.82. The molecule has 0 aliphatic carbocycles. The molecule has 0 N–H and O–H groups in total. The fourth-order valence-corrected chi connectivity index (χ4v) is 7.15. The highest BCUT2D eigenvalue weighted by Crippen LogP contribution is 2.40. The molecule has 0 atom stereocenters. The zero-order chi connectivity index (χ0) is 34.4. The van der Waals surface area contributed by atoms with E-state index in [0.29, 0.717) is 17.5 Å². The number of benzene rings is 7. The van der Waals surface area contributed by atoms with E-state index in [1.165, 1.54) is 5.56 Å². The van der Waals surface area contributed by atoms with Gasteiger partial charge in [0.2, 0.25) is 0 Å². The molecule has 244 valence electrons. The number of para-hydroxylation sites is 1. The predicted molar refractivity (Wildman–Crippen MR) is 211 cm³/mol. The van der Waals surface area contributed by atoms with Gasteiger partial charge in [-0.15, -0.1) is 0 Å². The van der Waals surface area contributed by atoms with Gasteiger partial charge in [-0.1, -0.05) is 146 Å². The molecule has 0 amide bonds. The Morgan fingerprint density at radius 2 is 0.923 bits per heavy atom. The van der Waals surface area contributed by atoms with Crippen molar-refractivity contribution in [2.75, 3.05) is 0 Å². The van der Waals surface area contributed by atoms with Gasteiger partial charge in [-0.05, 0) is 47.5 Å². The standard InChI is InChI=1S/C47H30N4O/c1-4-13-31(14-5-1)32-23-25-35(26-24-32)46-48-45(34-17-8-3-9-18-34)49-47(50-46)37-19-12-20-38(29-37)51-40-22-11-10-21-39(40)43-41(51)28-27-36-30-42(52-44(36)43)33-15-6-2-7-16-33/h1-30H. The van der Waals surface area contributed by atoms with Crippen LogP contribution in [0.3, 0.4) is 0 Å². The van der Waals surface area contributed by atoms with Gasteiger partial charge in [0.25, 0.3) is 0 Å². The molecule has 52 heavy (non-hydrogen) atoms. The number of fused-ring (bicyclic) bond motifs is 5. The van der Waals surface area contributed by atoms with Gasteiger partial charge in [0.05, 0.1) is 16.4 Å². The van der Waals surface area contributed by atoms with Crippen LogP contribution in [0.1, 0.15) is 0 Å². The summed E-state index contributed by atoms with van der Waals surface area (Å²) in [4.78, 5) is 15.1. The summed E-state index contributed by atoms with van der Waals surface area (Å²) in [6, 6.07) is 62.6. The van der Waals surface area contributed by atoms with Crippen LogP contribution in [0.2, 0.25) is 0 Å². The van der Waals surface area contributed by atoms with Crippen molar-refractivity contribution in [3.8, 4) is 62.3 Å². The van der Waals surface area contributed by atoms with Crippen molar-refractivity contribution in [1.29, 1.82) is 0 Å². The minimum absolute atomic E-state index is 0.611. The minimum Gasteiger partial charge on any atom is -0.455 e. The highest BCUT2D eigenvalue weighted by atomic mass is 16.3. The second-order valence-corrected chi connectivity index (χ2v) is 12.9. The molecule has 10 rings (SSSR count). The topological polar surface area (TPSA) is 56.7 Å². The molecule has 10 aromatic rings. The summed E-state index contributed by atoms with van der Waals surface area (Å²) in [5, 5.41) is 3.30. The van der Waals surface area contributed by atoms with Crippen LogP contribution < -0.4 is 0 Å². The zero-order valence-corrected chi connectivity index (χ0v) is 28.0. The lowest BCUT2D eigenvalue weighted by Crippen LogP contribution is -2.01. The maximum absolute atomic E-state index is 6.62. The monoisotopic (exact) mass is 666 g/mol. The van der Waals surface area contributed by atoms with Crippen LogP contribution in [-0.2, 0) is 0 Å². The lowest BCUT2D eigenvalue weighted by atomic mass is 10.0. The number of rotatable bonds is 6. The zero-order valence-electron chi connectivity index (χ0n) is 28.0. The van der Waals surface area contributed by atoms with E-state index in [1.54, 1.807) is 0 Å². The summed E-state index contributed by atoms with van der Waals surface area (Å²) < 4.78 is 8.93. The van der Waals surface area contributed by atoms with E-state index in [4.69, 9.17) is 19.4 Å². The molecular weight excluding hydrogens is 637 g/mol. The number of furan rings is 1. The summed E-state index contributed by atoms with van der Waals surface area (Å²) in [5.74, 6) is 2.72. The van der Waals surface area contributed by atoms with Crippen LogP contribution in [0.15, 0.2) is 186 Å². The second-order valence-electron chi connectivity index (χ2n) is 12.9. The van der Waals surface area contributed by atoms with Gasteiger partial charge in [0.15, 0.2) is 17.5 Å². The molecule has 0 bridgehead atoms. The summed E-state index contributed by atoms with van der Waals surface area (Å²) in [6.45, 7) is 0.